The molecular weight excluding hydrogens is 416 g/mol. The van der Waals surface area contributed by atoms with Gasteiger partial charge in [-0.1, -0.05) is 78.9 Å². The third kappa shape index (κ3) is 2.16. The van der Waals surface area contributed by atoms with Gasteiger partial charge in [0.25, 0.3) is 0 Å². The van der Waals surface area contributed by atoms with Crippen molar-refractivity contribution in [2.45, 2.75) is 0 Å². The molecule has 2 aliphatic carbocycles. The Morgan fingerprint density at radius 1 is 0.529 bits per heavy atom. The Labute approximate surface area is 195 Å². The molecule has 0 amide bonds. The second-order valence-corrected chi connectivity index (χ2v) is 8.63. The molecule has 0 saturated heterocycles. The largest absolute Gasteiger partial charge is 0.289 e. The van der Waals surface area contributed by atoms with E-state index in [-0.39, 0.29) is 11.4 Å². The van der Waals surface area contributed by atoms with Gasteiger partial charge in [0.05, 0.1) is 0 Å². The van der Waals surface area contributed by atoms with Crippen LogP contribution < -0.4 is 0 Å². The molecule has 5 aromatic rings. The SMILES string of the molecule is N#CC(C#N)=C1c2ccc3c(c2-c2c1ccc1ccccc21)C(=O)c1ccc2ccccc2c1-3. The van der Waals surface area contributed by atoms with Crippen LogP contribution in [0.3, 0.4) is 0 Å². The van der Waals surface area contributed by atoms with Gasteiger partial charge in [-0.25, -0.2) is 0 Å². The first-order chi connectivity index (χ1) is 16.7. The number of fused-ring (bicyclic) bond motifs is 11. The van der Waals surface area contributed by atoms with E-state index >= 15 is 0 Å². The lowest BCUT2D eigenvalue weighted by atomic mass is 9.91. The van der Waals surface area contributed by atoms with Crippen LogP contribution in [0.15, 0.2) is 90.5 Å². The molecule has 0 aliphatic heterocycles. The summed E-state index contributed by atoms with van der Waals surface area (Å²) in [4.78, 5) is 13.9. The van der Waals surface area contributed by atoms with Gasteiger partial charge in [-0.05, 0) is 49.9 Å². The van der Waals surface area contributed by atoms with Crippen molar-refractivity contribution in [1.29, 1.82) is 10.5 Å². The first-order valence-electron chi connectivity index (χ1n) is 11.0. The minimum atomic E-state index is -0.0109. The zero-order valence-corrected chi connectivity index (χ0v) is 17.9. The first-order valence-corrected chi connectivity index (χ1v) is 11.0. The van der Waals surface area contributed by atoms with E-state index < -0.39 is 0 Å². The van der Waals surface area contributed by atoms with E-state index in [1.807, 2.05) is 72.8 Å². The van der Waals surface area contributed by atoms with E-state index in [1.54, 1.807) is 0 Å². The van der Waals surface area contributed by atoms with Crippen molar-refractivity contribution in [2.24, 2.45) is 0 Å². The van der Waals surface area contributed by atoms with Crippen LogP contribution in [0.2, 0.25) is 0 Å². The van der Waals surface area contributed by atoms with Gasteiger partial charge < -0.3 is 0 Å². The van der Waals surface area contributed by atoms with E-state index in [2.05, 4.69) is 24.3 Å². The normalized spacial score (nSPS) is 12.6. The standard InChI is InChI=1S/C31H14N2O/c32-15-19(16-33)26-22-11-9-18-6-2-4-8-21(18)28(22)29-23(26)13-14-24-27-20-7-3-1-5-17(20)10-12-25(27)31(34)30(24)29/h1-14H. The summed E-state index contributed by atoms with van der Waals surface area (Å²) in [5.41, 5.74) is 7.24. The van der Waals surface area contributed by atoms with E-state index in [0.29, 0.717) is 16.7 Å². The van der Waals surface area contributed by atoms with Crippen LogP contribution >= 0.6 is 0 Å². The summed E-state index contributed by atoms with van der Waals surface area (Å²) in [5, 5.41) is 23.7. The molecule has 0 radical (unpaired) electrons. The Balaban J connectivity index is 1.69. The van der Waals surface area contributed by atoms with Crippen molar-refractivity contribution < 1.29 is 4.79 Å². The molecule has 0 atom stereocenters. The molecule has 7 rings (SSSR count). The molecular formula is C31H14N2O. The highest BCUT2D eigenvalue weighted by Crippen LogP contribution is 2.54. The van der Waals surface area contributed by atoms with E-state index in [1.165, 1.54) is 0 Å². The number of carbonyl (C=O) groups excluding carboxylic acids is 1. The predicted octanol–water partition coefficient (Wildman–Crippen LogP) is 7.03. The number of allylic oxidation sites excluding steroid dienone is 1. The van der Waals surface area contributed by atoms with Gasteiger partial charge in [0.15, 0.2) is 5.78 Å². The van der Waals surface area contributed by atoms with Crippen LogP contribution in [0, 0.1) is 22.7 Å². The summed E-state index contributed by atoms with van der Waals surface area (Å²) in [5.74, 6) is -0.0109. The second-order valence-electron chi connectivity index (χ2n) is 8.63. The lowest BCUT2D eigenvalue weighted by Crippen LogP contribution is -1.99. The topological polar surface area (TPSA) is 64.7 Å². The average molecular weight is 430 g/mol. The van der Waals surface area contributed by atoms with Gasteiger partial charge in [0.2, 0.25) is 0 Å². The molecule has 3 heteroatoms. The lowest BCUT2D eigenvalue weighted by molar-refractivity contribution is 0.104. The third-order valence-corrected chi connectivity index (χ3v) is 7.07. The van der Waals surface area contributed by atoms with Crippen molar-refractivity contribution in [3.05, 3.63) is 113 Å². The molecule has 0 spiro atoms. The predicted molar refractivity (Wildman–Crippen MR) is 133 cm³/mol. The maximum atomic E-state index is 13.9. The van der Waals surface area contributed by atoms with Gasteiger partial charge >= 0.3 is 0 Å². The zero-order chi connectivity index (χ0) is 23.0. The van der Waals surface area contributed by atoms with Gasteiger partial charge in [0, 0.05) is 27.8 Å². The number of nitrogens with zero attached hydrogens (tertiary/aromatic N) is 2. The van der Waals surface area contributed by atoms with Crippen LogP contribution in [0.25, 0.3) is 49.4 Å². The molecule has 0 heterocycles. The Kier molecular flexibility index (Phi) is 3.56. The summed E-state index contributed by atoms with van der Waals surface area (Å²) >= 11 is 0. The molecule has 0 aromatic heterocycles. The number of ketones is 1. The lowest BCUT2D eigenvalue weighted by Gasteiger charge is -2.11. The fourth-order valence-electron chi connectivity index (χ4n) is 5.70. The molecule has 5 aromatic carbocycles. The van der Waals surface area contributed by atoms with Gasteiger partial charge in [-0.3, -0.25) is 4.79 Å². The number of nitriles is 2. The zero-order valence-electron chi connectivity index (χ0n) is 17.9. The van der Waals surface area contributed by atoms with E-state index in [4.69, 9.17) is 0 Å². The number of carbonyl (C=O) groups is 1. The monoisotopic (exact) mass is 430 g/mol. The number of rotatable bonds is 0. The number of hydrogen-bond donors (Lipinski definition) is 0. The van der Waals surface area contributed by atoms with Gasteiger partial charge in [-0.15, -0.1) is 0 Å². The molecule has 2 aliphatic rings. The van der Waals surface area contributed by atoms with Crippen molar-refractivity contribution >= 4 is 32.9 Å². The quantitative estimate of drug-likeness (QED) is 0.243. The summed E-state index contributed by atoms with van der Waals surface area (Å²) in [6, 6.07) is 32.1. The average Bonchev–Trinajstić information content (AvgIpc) is 3.38. The Bertz CT molecular complexity index is 1880. The van der Waals surface area contributed by atoms with E-state index in [9.17, 15) is 15.3 Å². The maximum Gasteiger partial charge on any atom is 0.194 e. The summed E-state index contributed by atoms with van der Waals surface area (Å²) in [7, 11) is 0. The van der Waals surface area contributed by atoms with Crippen molar-refractivity contribution in [2.75, 3.05) is 0 Å². The Morgan fingerprint density at radius 3 is 1.74 bits per heavy atom. The molecule has 0 fully saturated rings. The minimum absolute atomic E-state index is 0.0109. The minimum Gasteiger partial charge on any atom is -0.289 e. The highest BCUT2D eigenvalue weighted by molar-refractivity contribution is 6.31. The highest BCUT2D eigenvalue weighted by Gasteiger charge is 2.38. The molecule has 154 valence electrons. The van der Waals surface area contributed by atoms with E-state index in [0.717, 1.165) is 54.9 Å². The van der Waals surface area contributed by atoms with Gasteiger partial charge in [-0.2, -0.15) is 10.5 Å². The highest BCUT2D eigenvalue weighted by atomic mass is 16.1. The molecule has 0 bridgehead atoms. The van der Waals surface area contributed by atoms with Crippen LogP contribution in [0.4, 0.5) is 0 Å². The Morgan fingerprint density at radius 2 is 1.06 bits per heavy atom. The van der Waals surface area contributed by atoms with Crippen LogP contribution in [0.5, 0.6) is 0 Å². The maximum absolute atomic E-state index is 13.9. The van der Waals surface area contributed by atoms with Crippen molar-refractivity contribution in [3.8, 4) is 34.4 Å². The molecule has 3 nitrogen and oxygen atoms in total. The fourth-order valence-corrected chi connectivity index (χ4v) is 5.70. The van der Waals surface area contributed by atoms with Gasteiger partial charge in [0.1, 0.15) is 17.7 Å². The van der Waals surface area contributed by atoms with Crippen molar-refractivity contribution in [3.63, 3.8) is 0 Å². The Hall–Kier alpha value is -4.99. The van der Waals surface area contributed by atoms with Crippen molar-refractivity contribution in [1.82, 2.24) is 0 Å². The second kappa shape index (κ2) is 6.51. The number of hydrogen-bond acceptors (Lipinski definition) is 3. The molecule has 0 N–H and O–H groups in total. The van der Waals surface area contributed by atoms with Crippen LogP contribution in [0.1, 0.15) is 27.0 Å². The smallest absolute Gasteiger partial charge is 0.194 e. The summed E-state index contributed by atoms with van der Waals surface area (Å²) in [6.45, 7) is 0. The summed E-state index contributed by atoms with van der Waals surface area (Å²) in [6.07, 6.45) is 0. The molecule has 34 heavy (non-hydrogen) atoms. The van der Waals surface area contributed by atoms with Crippen LogP contribution in [-0.4, -0.2) is 5.78 Å². The molecule has 0 unspecified atom stereocenters. The van der Waals surface area contributed by atoms with Crippen LogP contribution in [-0.2, 0) is 0 Å². The third-order valence-electron chi connectivity index (χ3n) is 7.07. The summed E-state index contributed by atoms with van der Waals surface area (Å²) < 4.78 is 0. The first kappa shape index (κ1) is 18.6. The fraction of sp³-hybridized carbons (Fsp3) is 0. The molecule has 0 saturated carbocycles. The number of benzene rings is 5.